The molecule has 3 N–H and O–H groups in total. The van der Waals surface area contributed by atoms with E-state index in [9.17, 15) is 4.79 Å². The highest BCUT2D eigenvalue weighted by atomic mass is 32.2. The Kier molecular flexibility index (Phi) is 5.51. The molecule has 1 unspecified atom stereocenters. The number of hydrogen-bond donors (Lipinski definition) is 2. The Morgan fingerprint density at radius 3 is 3.00 bits per heavy atom. The first kappa shape index (κ1) is 15.0. The van der Waals surface area contributed by atoms with E-state index in [1.165, 1.54) is 6.42 Å². The van der Waals surface area contributed by atoms with Crippen LogP contribution in [0.2, 0.25) is 0 Å². The van der Waals surface area contributed by atoms with Gasteiger partial charge in [0.15, 0.2) is 0 Å². The van der Waals surface area contributed by atoms with E-state index in [0.717, 1.165) is 35.4 Å². The van der Waals surface area contributed by atoms with E-state index >= 15 is 0 Å². The number of nitrogens with one attached hydrogen (secondary N) is 1. The smallest absolute Gasteiger partial charge is 0.237 e. The van der Waals surface area contributed by atoms with Crippen molar-refractivity contribution in [3.63, 3.8) is 0 Å². The van der Waals surface area contributed by atoms with E-state index < -0.39 is 0 Å². The third-order valence-corrected chi connectivity index (χ3v) is 4.67. The summed E-state index contributed by atoms with van der Waals surface area (Å²) in [6.45, 7) is 2.34. The highest BCUT2D eigenvalue weighted by Gasteiger charge is 2.21. The molecule has 1 aromatic rings. The molecule has 1 aliphatic rings. The van der Waals surface area contributed by atoms with Crippen molar-refractivity contribution in [3.05, 3.63) is 29.3 Å². The lowest BCUT2D eigenvalue weighted by Gasteiger charge is -2.21. The van der Waals surface area contributed by atoms with Gasteiger partial charge in [-0.3, -0.25) is 4.79 Å². The number of benzene rings is 1. The molecule has 3 nitrogen and oxygen atoms in total. The van der Waals surface area contributed by atoms with Gasteiger partial charge in [0.05, 0.1) is 11.8 Å². The number of thioether (sulfide) groups is 1. The highest BCUT2D eigenvalue weighted by molar-refractivity contribution is 8.00. The summed E-state index contributed by atoms with van der Waals surface area (Å²) in [7, 11) is 0. The van der Waals surface area contributed by atoms with Crippen molar-refractivity contribution in [2.24, 2.45) is 5.73 Å². The Hall–Kier alpha value is -1.44. The highest BCUT2D eigenvalue weighted by Crippen LogP contribution is 2.26. The summed E-state index contributed by atoms with van der Waals surface area (Å²) in [4.78, 5) is 12.2. The normalized spacial score (nSPS) is 18.0. The van der Waals surface area contributed by atoms with Crippen molar-refractivity contribution < 1.29 is 4.79 Å². The van der Waals surface area contributed by atoms with Crippen LogP contribution in [-0.2, 0) is 4.79 Å². The van der Waals surface area contributed by atoms with Crippen LogP contribution in [0.4, 0.5) is 5.69 Å². The van der Waals surface area contributed by atoms with Crippen molar-refractivity contribution in [1.29, 1.82) is 0 Å². The SMILES string of the molecule is Cc1cc(C#CCN)ccc1NC(=O)C1CCCCS1. The summed E-state index contributed by atoms with van der Waals surface area (Å²) in [6, 6.07) is 5.81. The molecule has 4 heteroatoms. The van der Waals surface area contributed by atoms with Gasteiger partial charge in [0.2, 0.25) is 5.91 Å². The first-order chi connectivity index (χ1) is 9.70. The van der Waals surface area contributed by atoms with Crippen LogP contribution >= 0.6 is 11.8 Å². The number of carbonyl (C=O) groups is 1. The minimum absolute atomic E-state index is 0.0971. The first-order valence-corrected chi connectivity index (χ1v) is 7.97. The first-order valence-electron chi connectivity index (χ1n) is 6.93. The number of rotatable bonds is 2. The van der Waals surface area contributed by atoms with Gasteiger partial charge >= 0.3 is 0 Å². The summed E-state index contributed by atoms with van der Waals surface area (Å²) in [6.07, 6.45) is 3.36. The molecule has 0 aromatic heterocycles. The third-order valence-electron chi connectivity index (χ3n) is 3.29. The second-order valence-corrected chi connectivity index (χ2v) is 6.19. The van der Waals surface area contributed by atoms with Crippen molar-refractivity contribution in [3.8, 4) is 11.8 Å². The Morgan fingerprint density at radius 2 is 2.35 bits per heavy atom. The van der Waals surface area contributed by atoms with E-state index in [1.54, 1.807) is 11.8 Å². The monoisotopic (exact) mass is 288 g/mol. The fourth-order valence-electron chi connectivity index (χ4n) is 2.20. The zero-order valence-corrected chi connectivity index (χ0v) is 12.6. The van der Waals surface area contributed by atoms with Gasteiger partial charge in [0.1, 0.15) is 0 Å². The summed E-state index contributed by atoms with van der Waals surface area (Å²) in [5, 5.41) is 3.13. The number of hydrogen-bond acceptors (Lipinski definition) is 3. The van der Waals surface area contributed by atoms with E-state index in [1.807, 2.05) is 25.1 Å². The second kappa shape index (κ2) is 7.37. The fourth-order valence-corrected chi connectivity index (χ4v) is 3.39. The Balaban J connectivity index is 2.03. The lowest BCUT2D eigenvalue weighted by atomic mass is 10.1. The number of amides is 1. The molecule has 1 aliphatic heterocycles. The number of anilines is 1. The van der Waals surface area contributed by atoms with Gasteiger partial charge in [-0.05, 0) is 49.3 Å². The van der Waals surface area contributed by atoms with Crippen LogP contribution in [0, 0.1) is 18.8 Å². The van der Waals surface area contributed by atoms with Gasteiger partial charge in [0, 0.05) is 11.3 Å². The molecule has 1 heterocycles. The standard InChI is InChI=1S/C16H20N2OS/c1-12-11-13(5-4-9-17)7-8-14(12)18-16(19)15-6-2-3-10-20-15/h7-8,11,15H,2-3,6,9-10,17H2,1H3,(H,18,19). The van der Waals surface area contributed by atoms with Gasteiger partial charge in [-0.25, -0.2) is 0 Å². The summed E-state index contributed by atoms with van der Waals surface area (Å²) in [5.41, 5.74) is 8.19. The largest absolute Gasteiger partial charge is 0.325 e. The minimum atomic E-state index is 0.0971. The average molecular weight is 288 g/mol. The summed E-state index contributed by atoms with van der Waals surface area (Å²) >= 11 is 1.76. The molecule has 1 aromatic carbocycles. The van der Waals surface area contributed by atoms with Crippen molar-refractivity contribution in [1.82, 2.24) is 0 Å². The quantitative estimate of drug-likeness (QED) is 0.822. The molecule has 1 amide bonds. The lowest BCUT2D eigenvalue weighted by Crippen LogP contribution is -2.27. The lowest BCUT2D eigenvalue weighted by molar-refractivity contribution is -0.115. The molecule has 0 bridgehead atoms. The minimum Gasteiger partial charge on any atom is -0.325 e. The zero-order valence-electron chi connectivity index (χ0n) is 11.7. The molecule has 1 atom stereocenters. The average Bonchev–Trinajstić information content (AvgIpc) is 2.48. The number of nitrogens with two attached hydrogens (primary N) is 1. The van der Waals surface area contributed by atoms with Crippen LogP contribution < -0.4 is 11.1 Å². The topological polar surface area (TPSA) is 55.1 Å². The van der Waals surface area contributed by atoms with Crippen molar-refractivity contribution in [2.45, 2.75) is 31.4 Å². The molecule has 20 heavy (non-hydrogen) atoms. The molecular weight excluding hydrogens is 268 g/mol. The molecule has 0 aliphatic carbocycles. The van der Waals surface area contributed by atoms with Crippen LogP contribution in [-0.4, -0.2) is 23.5 Å². The van der Waals surface area contributed by atoms with Crippen LogP contribution in [0.15, 0.2) is 18.2 Å². The van der Waals surface area contributed by atoms with Crippen LogP contribution in [0.3, 0.4) is 0 Å². The van der Waals surface area contributed by atoms with Crippen LogP contribution in [0.5, 0.6) is 0 Å². The zero-order chi connectivity index (χ0) is 14.4. The predicted molar refractivity (Wildman–Crippen MR) is 85.8 cm³/mol. The third kappa shape index (κ3) is 4.03. The number of aryl methyl sites for hydroxylation is 1. The van der Waals surface area contributed by atoms with Gasteiger partial charge < -0.3 is 11.1 Å². The fraction of sp³-hybridized carbons (Fsp3) is 0.438. The van der Waals surface area contributed by atoms with E-state index in [4.69, 9.17) is 5.73 Å². The Bertz CT molecular complexity index is 539. The maximum atomic E-state index is 12.2. The Labute approximate surface area is 124 Å². The summed E-state index contributed by atoms with van der Waals surface area (Å²) in [5.74, 6) is 7.04. The molecule has 0 radical (unpaired) electrons. The van der Waals surface area contributed by atoms with Crippen LogP contribution in [0.1, 0.15) is 30.4 Å². The molecule has 1 fully saturated rings. The molecule has 0 spiro atoms. The maximum absolute atomic E-state index is 12.2. The van der Waals surface area contributed by atoms with Gasteiger partial charge in [-0.15, -0.1) is 11.8 Å². The molecular formula is C16H20N2OS. The predicted octanol–water partition coefficient (Wildman–Crippen LogP) is 2.53. The van der Waals surface area contributed by atoms with Gasteiger partial charge in [-0.1, -0.05) is 18.3 Å². The van der Waals surface area contributed by atoms with Crippen LogP contribution in [0.25, 0.3) is 0 Å². The molecule has 2 rings (SSSR count). The molecule has 106 valence electrons. The van der Waals surface area contributed by atoms with Gasteiger partial charge in [-0.2, -0.15) is 0 Å². The maximum Gasteiger partial charge on any atom is 0.237 e. The van der Waals surface area contributed by atoms with E-state index in [2.05, 4.69) is 17.2 Å². The van der Waals surface area contributed by atoms with E-state index in [0.29, 0.717) is 6.54 Å². The molecule has 1 saturated heterocycles. The summed E-state index contributed by atoms with van der Waals surface area (Å²) < 4.78 is 0. The molecule has 0 saturated carbocycles. The van der Waals surface area contributed by atoms with Crippen molar-refractivity contribution in [2.75, 3.05) is 17.6 Å². The second-order valence-electron chi connectivity index (χ2n) is 4.88. The van der Waals surface area contributed by atoms with Gasteiger partial charge in [0.25, 0.3) is 0 Å². The van der Waals surface area contributed by atoms with Crippen molar-refractivity contribution >= 4 is 23.4 Å². The Morgan fingerprint density at radius 1 is 1.50 bits per heavy atom. The van der Waals surface area contributed by atoms with E-state index in [-0.39, 0.29) is 11.2 Å². The number of carbonyl (C=O) groups excluding carboxylic acids is 1.